The zero-order chi connectivity index (χ0) is 40.9. The van der Waals surface area contributed by atoms with Crippen LogP contribution in [0.1, 0.15) is 27.8 Å². The van der Waals surface area contributed by atoms with Gasteiger partial charge in [0, 0.05) is 39.5 Å². The van der Waals surface area contributed by atoms with Crippen molar-refractivity contribution >= 4 is 43.6 Å². The van der Waals surface area contributed by atoms with E-state index in [2.05, 4.69) is 93.0 Å². The molecule has 0 radical (unpaired) electrons. The van der Waals surface area contributed by atoms with Gasteiger partial charge in [-0.3, -0.25) is 4.98 Å². The van der Waals surface area contributed by atoms with Gasteiger partial charge in [0.15, 0.2) is 0 Å². The predicted molar refractivity (Wildman–Crippen MR) is 233 cm³/mol. The Morgan fingerprint density at radius 1 is 0.350 bits per heavy atom. The van der Waals surface area contributed by atoms with Crippen LogP contribution in [-0.2, 0) is 0 Å². The normalized spacial score (nSPS) is 10.9. The van der Waals surface area contributed by atoms with Gasteiger partial charge in [0.1, 0.15) is 6.07 Å². The van der Waals surface area contributed by atoms with E-state index in [-0.39, 0.29) is 0 Å². The summed E-state index contributed by atoms with van der Waals surface area (Å²) in [6, 6.07) is 58.1. The molecule has 0 saturated carbocycles. The lowest BCUT2D eigenvalue weighted by Crippen LogP contribution is -2.04. The standard InChI is InChI=1S/C52H26N8/c53-27-32-9-13-40(37(21-32)29-55)35-11-15-49-45(23-35)42-5-1-3-7-47(42)59(49)51-26-44(34-17-19-58-20-18-34)52(25-39(51)31-57)60-48-8-4-2-6-43(48)46-24-36(12-16-50(46)60)41-14-10-33(28-54)22-38(41)30-56/h1-26H. The first-order valence-electron chi connectivity index (χ1n) is 19.0. The average molecular weight is 763 g/mol. The van der Waals surface area contributed by atoms with Crippen LogP contribution >= 0.6 is 0 Å². The molecule has 60 heavy (non-hydrogen) atoms. The molecule has 0 unspecified atom stereocenters. The number of nitrogens with zero attached hydrogens (tertiary/aromatic N) is 8. The number of hydrogen-bond acceptors (Lipinski definition) is 6. The summed E-state index contributed by atoms with van der Waals surface area (Å²) in [5.41, 5.74) is 12.3. The van der Waals surface area contributed by atoms with E-state index in [1.165, 1.54) is 0 Å². The highest BCUT2D eigenvalue weighted by Crippen LogP contribution is 2.42. The molecule has 8 heteroatoms. The zero-order valence-corrected chi connectivity index (χ0v) is 31.6. The molecule has 274 valence electrons. The van der Waals surface area contributed by atoms with Gasteiger partial charge in [-0.05, 0) is 113 Å². The number of hydrogen-bond donors (Lipinski definition) is 0. The van der Waals surface area contributed by atoms with Crippen molar-refractivity contribution in [2.75, 3.05) is 0 Å². The Labute approximate surface area is 343 Å². The lowest BCUT2D eigenvalue weighted by atomic mass is 9.97. The van der Waals surface area contributed by atoms with Crippen LogP contribution in [0.3, 0.4) is 0 Å². The Hall–Kier alpha value is -9.26. The van der Waals surface area contributed by atoms with E-state index in [0.717, 1.165) is 82.7 Å². The largest absolute Gasteiger partial charge is 0.309 e. The van der Waals surface area contributed by atoms with E-state index in [0.29, 0.717) is 33.5 Å². The zero-order valence-electron chi connectivity index (χ0n) is 31.6. The number of pyridine rings is 1. The summed E-state index contributed by atoms with van der Waals surface area (Å²) >= 11 is 0. The van der Waals surface area contributed by atoms with Crippen LogP contribution in [0, 0.1) is 56.7 Å². The van der Waals surface area contributed by atoms with E-state index in [4.69, 9.17) is 0 Å². The fourth-order valence-electron chi connectivity index (χ4n) is 8.52. The van der Waals surface area contributed by atoms with Crippen molar-refractivity contribution in [3.63, 3.8) is 0 Å². The Bertz CT molecular complexity index is 3670. The number of benzene rings is 7. The minimum atomic E-state index is 0.420. The van der Waals surface area contributed by atoms with E-state index >= 15 is 0 Å². The van der Waals surface area contributed by atoms with Crippen LogP contribution in [0.25, 0.3) is 88.4 Å². The van der Waals surface area contributed by atoms with Gasteiger partial charge in [-0.25, -0.2) is 0 Å². The number of fused-ring (bicyclic) bond motifs is 6. The van der Waals surface area contributed by atoms with Gasteiger partial charge in [0.2, 0.25) is 0 Å². The highest BCUT2D eigenvalue weighted by molar-refractivity contribution is 6.12. The fourth-order valence-corrected chi connectivity index (χ4v) is 8.52. The summed E-state index contributed by atoms with van der Waals surface area (Å²) in [5, 5.41) is 53.9. The van der Waals surface area contributed by atoms with E-state index in [1.54, 1.807) is 36.7 Å². The van der Waals surface area contributed by atoms with Gasteiger partial charge < -0.3 is 9.13 Å². The Kier molecular flexibility index (Phi) is 8.23. The molecule has 3 heterocycles. The molecular weight excluding hydrogens is 737 g/mol. The topological polar surface area (TPSA) is 142 Å². The molecule has 0 spiro atoms. The minimum absolute atomic E-state index is 0.420. The van der Waals surface area contributed by atoms with Gasteiger partial charge >= 0.3 is 0 Å². The van der Waals surface area contributed by atoms with E-state index in [9.17, 15) is 26.3 Å². The highest BCUT2D eigenvalue weighted by atomic mass is 15.0. The monoisotopic (exact) mass is 762 g/mol. The van der Waals surface area contributed by atoms with Gasteiger partial charge in [0.05, 0.1) is 85.5 Å². The first-order chi connectivity index (χ1) is 29.5. The third-order valence-corrected chi connectivity index (χ3v) is 11.2. The SMILES string of the molecule is N#Cc1ccc(-c2ccc3c(c2)c2ccccc2n3-c2cc(-c3ccncc3)c(-n3c4ccccc4c4cc(-c5ccc(C#N)cc5C#N)ccc43)cc2C#N)c(C#N)c1. The molecule has 0 aliphatic rings. The number of nitriles is 5. The Morgan fingerprint density at radius 3 is 1.33 bits per heavy atom. The number of rotatable bonds is 5. The molecule has 0 aliphatic carbocycles. The second kappa shape index (κ2) is 14.0. The average Bonchev–Trinajstić information content (AvgIpc) is 3.82. The molecular formula is C52H26N8. The van der Waals surface area contributed by atoms with Crippen LogP contribution in [0.5, 0.6) is 0 Å². The highest BCUT2D eigenvalue weighted by Gasteiger charge is 2.23. The summed E-state index contributed by atoms with van der Waals surface area (Å²) in [6.07, 6.45) is 3.53. The lowest BCUT2D eigenvalue weighted by Gasteiger charge is -2.19. The van der Waals surface area contributed by atoms with Gasteiger partial charge in [-0.15, -0.1) is 0 Å². The van der Waals surface area contributed by atoms with Crippen molar-refractivity contribution in [3.05, 3.63) is 186 Å². The maximum Gasteiger partial charge on any atom is 0.101 e. The molecule has 3 aromatic heterocycles. The molecule has 10 rings (SSSR count). The Morgan fingerprint density at radius 2 is 0.833 bits per heavy atom. The summed E-state index contributed by atoms with van der Waals surface area (Å²) in [5.74, 6) is 0. The van der Waals surface area contributed by atoms with Crippen molar-refractivity contribution in [2.45, 2.75) is 0 Å². The molecule has 0 saturated heterocycles. The maximum atomic E-state index is 11.0. The predicted octanol–water partition coefficient (Wildman–Crippen LogP) is 11.6. The summed E-state index contributed by atoms with van der Waals surface area (Å²) in [4.78, 5) is 4.33. The van der Waals surface area contributed by atoms with Crippen molar-refractivity contribution in [2.24, 2.45) is 0 Å². The molecule has 0 N–H and O–H groups in total. The first kappa shape index (κ1) is 35.2. The van der Waals surface area contributed by atoms with Crippen LogP contribution in [-0.4, -0.2) is 14.1 Å². The molecule has 10 aromatic rings. The van der Waals surface area contributed by atoms with Crippen molar-refractivity contribution in [3.8, 4) is 75.1 Å². The molecule has 8 nitrogen and oxygen atoms in total. The number of para-hydroxylation sites is 2. The lowest BCUT2D eigenvalue weighted by molar-refractivity contribution is 1.13. The van der Waals surface area contributed by atoms with Crippen LogP contribution in [0.15, 0.2) is 158 Å². The second-order valence-corrected chi connectivity index (χ2v) is 14.4. The number of aromatic nitrogens is 3. The van der Waals surface area contributed by atoms with E-state index < -0.39 is 0 Å². The minimum Gasteiger partial charge on any atom is -0.309 e. The quantitative estimate of drug-likeness (QED) is 0.171. The van der Waals surface area contributed by atoms with Crippen molar-refractivity contribution in [1.82, 2.24) is 14.1 Å². The summed E-state index contributed by atoms with van der Waals surface area (Å²) in [6.45, 7) is 0. The fraction of sp³-hybridized carbons (Fsp3) is 0. The second-order valence-electron chi connectivity index (χ2n) is 14.4. The summed E-state index contributed by atoms with van der Waals surface area (Å²) in [7, 11) is 0. The molecule has 7 aromatic carbocycles. The third-order valence-electron chi connectivity index (χ3n) is 11.2. The molecule has 0 aliphatic heterocycles. The molecule has 0 fully saturated rings. The van der Waals surface area contributed by atoms with Crippen molar-refractivity contribution < 1.29 is 0 Å². The van der Waals surface area contributed by atoms with Crippen LogP contribution < -0.4 is 0 Å². The maximum absolute atomic E-state index is 11.0. The third kappa shape index (κ3) is 5.45. The van der Waals surface area contributed by atoms with Crippen molar-refractivity contribution in [1.29, 1.82) is 26.3 Å². The smallest absolute Gasteiger partial charge is 0.101 e. The Balaban J connectivity index is 1.23. The van der Waals surface area contributed by atoms with Crippen LogP contribution in [0.4, 0.5) is 0 Å². The van der Waals surface area contributed by atoms with Gasteiger partial charge in [-0.2, -0.15) is 26.3 Å². The van der Waals surface area contributed by atoms with E-state index in [1.807, 2.05) is 72.8 Å². The molecule has 0 atom stereocenters. The first-order valence-corrected chi connectivity index (χ1v) is 19.0. The van der Waals surface area contributed by atoms with Gasteiger partial charge in [0.25, 0.3) is 0 Å². The molecule has 0 bridgehead atoms. The summed E-state index contributed by atoms with van der Waals surface area (Å²) < 4.78 is 4.33. The molecule has 0 amide bonds. The van der Waals surface area contributed by atoms with Crippen LogP contribution in [0.2, 0.25) is 0 Å². The van der Waals surface area contributed by atoms with Gasteiger partial charge in [-0.1, -0.05) is 60.7 Å².